The molecular weight excluding hydrogens is 254 g/mol. The van der Waals surface area contributed by atoms with Crippen molar-refractivity contribution in [1.29, 1.82) is 0 Å². The number of nitrogen functional groups attached to an aromatic ring is 1. The number of nitrogens with two attached hydrogens (primary N) is 1. The number of rotatable bonds is 1. The van der Waals surface area contributed by atoms with E-state index in [2.05, 4.69) is 32.3 Å². The summed E-state index contributed by atoms with van der Waals surface area (Å²) in [6.45, 7) is 2.02. The molecule has 0 atom stereocenters. The van der Waals surface area contributed by atoms with Gasteiger partial charge in [-0.15, -0.1) is 0 Å². The molecule has 2 rings (SSSR count). The second-order valence-corrected chi connectivity index (χ2v) is 4.34. The Labute approximate surface area is 96.8 Å². The monoisotopic (exact) mass is 265 g/mol. The molecule has 0 saturated heterocycles. The fraction of sp³-hybridized carbons (Fsp3) is 0.182. The molecular formula is C11H12BrN3. The second-order valence-electron chi connectivity index (χ2n) is 3.48. The second kappa shape index (κ2) is 3.70. The number of aromatic nitrogens is 1. The Morgan fingerprint density at radius 3 is 2.80 bits per heavy atom. The zero-order valence-electron chi connectivity index (χ0n) is 8.63. The van der Waals surface area contributed by atoms with Gasteiger partial charge in [-0.2, -0.15) is 0 Å². The van der Waals surface area contributed by atoms with E-state index in [0.29, 0.717) is 0 Å². The number of benzene rings is 1. The van der Waals surface area contributed by atoms with Gasteiger partial charge in [-0.25, -0.2) is 4.98 Å². The molecule has 0 aliphatic heterocycles. The molecule has 78 valence electrons. The Balaban J connectivity index is 2.93. The number of halogens is 1. The summed E-state index contributed by atoms with van der Waals surface area (Å²) < 4.78 is 0.925. The summed E-state index contributed by atoms with van der Waals surface area (Å²) in [6.07, 6.45) is 1.76. The molecule has 2 aromatic rings. The van der Waals surface area contributed by atoms with Crippen LogP contribution in [-0.4, -0.2) is 12.0 Å². The van der Waals surface area contributed by atoms with E-state index >= 15 is 0 Å². The largest absolute Gasteiger partial charge is 0.398 e. The normalized spacial score (nSPS) is 10.6. The first-order chi connectivity index (χ1) is 7.13. The van der Waals surface area contributed by atoms with Crippen molar-refractivity contribution in [2.45, 2.75) is 6.92 Å². The maximum atomic E-state index is 6.00. The molecule has 1 aromatic heterocycles. The summed E-state index contributed by atoms with van der Waals surface area (Å²) in [5.41, 5.74) is 7.91. The third kappa shape index (κ3) is 1.65. The highest BCUT2D eigenvalue weighted by molar-refractivity contribution is 9.10. The maximum absolute atomic E-state index is 6.00. The number of aryl methyl sites for hydroxylation is 1. The molecule has 0 fully saturated rings. The summed E-state index contributed by atoms with van der Waals surface area (Å²) in [5, 5.41) is 5.12. The number of nitrogens with one attached hydrogen (secondary N) is 1. The highest BCUT2D eigenvalue weighted by Crippen LogP contribution is 2.33. The highest BCUT2D eigenvalue weighted by atomic mass is 79.9. The minimum absolute atomic E-state index is 0.774. The zero-order chi connectivity index (χ0) is 11.0. The molecule has 0 radical (unpaired) electrons. The molecule has 3 N–H and O–H groups in total. The number of hydrogen-bond acceptors (Lipinski definition) is 3. The van der Waals surface area contributed by atoms with Gasteiger partial charge in [-0.3, -0.25) is 0 Å². The quantitative estimate of drug-likeness (QED) is 0.780. The zero-order valence-corrected chi connectivity index (χ0v) is 10.2. The molecule has 1 heterocycles. The van der Waals surface area contributed by atoms with Crippen LogP contribution in [0.1, 0.15) is 5.56 Å². The van der Waals surface area contributed by atoms with Crippen LogP contribution in [-0.2, 0) is 0 Å². The first kappa shape index (κ1) is 10.2. The summed E-state index contributed by atoms with van der Waals surface area (Å²) in [6, 6.07) is 4.04. The van der Waals surface area contributed by atoms with Gasteiger partial charge in [0.25, 0.3) is 0 Å². The predicted octanol–water partition coefficient (Wildman–Crippen LogP) is 2.93. The lowest BCUT2D eigenvalue weighted by atomic mass is 10.1. The molecule has 0 amide bonds. The SMILES string of the molecule is CNc1ncc(Br)c2c(N)cc(C)cc12. The van der Waals surface area contributed by atoms with E-state index in [-0.39, 0.29) is 0 Å². The minimum atomic E-state index is 0.774. The molecule has 0 spiro atoms. The van der Waals surface area contributed by atoms with Gasteiger partial charge in [0, 0.05) is 34.2 Å². The smallest absolute Gasteiger partial charge is 0.133 e. The van der Waals surface area contributed by atoms with Crippen molar-refractivity contribution in [1.82, 2.24) is 4.98 Å². The molecule has 0 bridgehead atoms. The van der Waals surface area contributed by atoms with Crippen molar-refractivity contribution in [3.8, 4) is 0 Å². The minimum Gasteiger partial charge on any atom is -0.398 e. The average molecular weight is 266 g/mol. The van der Waals surface area contributed by atoms with Gasteiger partial charge in [-0.1, -0.05) is 0 Å². The molecule has 0 saturated carbocycles. The maximum Gasteiger partial charge on any atom is 0.133 e. The number of fused-ring (bicyclic) bond motifs is 1. The van der Waals surface area contributed by atoms with Crippen LogP contribution in [0.5, 0.6) is 0 Å². The van der Waals surface area contributed by atoms with Crippen molar-refractivity contribution in [3.05, 3.63) is 28.4 Å². The first-order valence-electron chi connectivity index (χ1n) is 4.65. The Morgan fingerprint density at radius 2 is 2.13 bits per heavy atom. The fourth-order valence-electron chi connectivity index (χ4n) is 1.72. The Kier molecular flexibility index (Phi) is 2.52. The van der Waals surface area contributed by atoms with Crippen molar-refractivity contribution in [3.63, 3.8) is 0 Å². The van der Waals surface area contributed by atoms with Crippen LogP contribution in [0.2, 0.25) is 0 Å². The van der Waals surface area contributed by atoms with Crippen molar-refractivity contribution < 1.29 is 0 Å². The summed E-state index contributed by atoms with van der Waals surface area (Å²) in [5.74, 6) is 0.851. The van der Waals surface area contributed by atoms with E-state index in [9.17, 15) is 0 Å². The van der Waals surface area contributed by atoms with Crippen LogP contribution in [0.25, 0.3) is 10.8 Å². The van der Waals surface area contributed by atoms with E-state index in [1.807, 2.05) is 20.0 Å². The predicted molar refractivity (Wildman–Crippen MR) is 68.1 cm³/mol. The van der Waals surface area contributed by atoms with Crippen molar-refractivity contribution in [2.75, 3.05) is 18.1 Å². The van der Waals surface area contributed by atoms with E-state index < -0.39 is 0 Å². The van der Waals surface area contributed by atoms with Gasteiger partial charge >= 0.3 is 0 Å². The lowest BCUT2D eigenvalue weighted by Crippen LogP contribution is -1.97. The Morgan fingerprint density at radius 1 is 1.40 bits per heavy atom. The van der Waals surface area contributed by atoms with Gasteiger partial charge in [-0.05, 0) is 40.5 Å². The van der Waals surface area contributed by atoms with Crippen LogP contribution >= 0.6 is 15.9 Å². The number of anilines is 2. The van der Waals surface area contributed by atoms with Crippen LogP contribution in [0.3, 0.4) is 0 Å². The van der Waals surface area contributed by atoms with Crippen molar-refractivity contribution in [2.24, 2.45) is 0 Å². The van der Waals surface area contributed by atoms with Crippen LogP contribution in [0.4, 0.5) is 11.5 Å². The van der Waals surface area contributed by atoms with Crippen LogP contribution in [0, 0.1) is 6.92 Å². The number of hydrogen-bond donors (Lipinski definition) is 2. The molecule has 4 heteroatoms. The van der Waals surface area contributed by atoms with E-state index in [1.54, 1.807) is 6.20 Å². The lowest BCUT2D eigenvalue weighted by Gasteiger charge is -2.10. The van der Waals surface area contributed by atoms with Gasteiger partial charge in [0.05, 0.1) is 0 Å². The van der Waals surface area contributed by atoms with Gasteiger partial charge in [0.2, 0.25) is 0 Å². The topological polar surface area (TPSA) is 50.9 Å². The summed E-state index contributed by atoms with van der Waals surface area (Å²) in [7, 11) is 1.86. The third-order valence-corrected chi connectivity index (χ3v) is 2.95. The van der Waals surface area contributed by atoms with Gasteiger partial charge < -0.3 is 11.1 Å². The standard InChI is InChI=1S/C11H12BrN3/c1-6-3-7-10(9(13)4-6)8(12)5-15-11(7)14-2/h3-5H,13H2,1-2H3,(H,14,15). The lowest BCUT2D eigenvalue weighted by molar-refractivity contribution is 1.30. The molecule has 0 aliphatic rings. The average Bonchev–Trinajstić information content (AvgIpc) is 2.17. The van der Waals surface area contributed by atoms with E-state index in [0.717, 1.165) is 32.3 Å². The summed E-state index contributed by atoms with van der Waals surface area (Å²) >= 11 is 3.47. The molecule has 0 aliphatic carbocycles. The molecule has 3 nitrogen and oxygen atoms in total. The van der Waals surface area contributed by atoms with Gasteiger partial charge in [0.1, 0.15) is 5.82 Å². The third-order valence-electron chi connectivity index (χ3n) is 2.35. The molecule has 0 unspecified atom stereocenters. The van der Waals surface area contributed by atoms with E-state index in [4.69, 9.17) is 5.73 Å². The van der Waals surface area contributed by atoms with Crippen LogP contribution < -0.4 is 11.1 Å². The summed E-state index contributed by atoms with van der Waals surface area (Å²) in [4.78, 5) is 4.29. The first-order valence-corrected chi connectivity index (χ1v) is 5.45. The molecule has 1 aromatic carbocycles. The number of nitrogens with zero attached hydrogens (tertiary/aromatic N) is 1. The van der Waals surface area contributed by atoms with Crippen LogP contribution in [0.15, 0.2) is 22.8 Å². The molecule has 15 heavy (non-hydrogen) atoms. The van der Waals surface area contributed by atoms with Gasteiger partial charge in [0.15, 0.2) is 0 Å². The van der Waals surface area contributed by atoms with Crippen molar-refractivity contribution >= 4 is 38.2 Å². The number of pyridine rings is 1. The Bertz CT molecular complexity index is 523. The fourth-order valence-corrected chi connectivity index (χ4v) is 2.27. The van der Waals surface area contributed by atoms with E-state index in [1.165, 1.54) is 0 Å². The highest BCUT2D eigenvalue weighted by Gasteiger charge is 2.08. The Hall–Kier alpha value is -1.29.